The molecule has 0 radical (unpaired) electrons. The van der Waals surface area contributed by atoms with Crippen LogP contribution in [-0.2, 0) is 20.0 Å². The maximum atomic E-state index is 13.1. The van der Waals surface area contributed by atoms with E-state index in [4.69, 9.17) is 22.3 Å². The van der Waals surface area contributed by atoms with Crippen LogP contribution in [0.2, 0.25) is 5.15 Å². The number of benzene rings is 1. The Hall–Kier alpha value is -2.90. The number of aryl methyl sites for hydroxylation is 1. The maximum Gasteiger partial charge on any atom is 0.254 e. The molecule has 2 N–H and O–H groups in total. The first-order valence-electron chi connectivity index (χ1n) is 11.6. The highest BCUT2D eigenvalue weighted by atomic mass is 35.5. The van der Waals surface area contributed by atoms with Crippen molar-refractivity contribution in [2.75, 3.05) is 13.1 Å². The van der Waals surface area contributed by atoms with E-state index < -0.39 is 0 Å². The first kappa shape index (κ1) is 20.7. The van der Waals surface area contributed by atoms with E-state index in [0.29, 0.717) is 24.2 Å². The standard InChI is InChI=1S/C25H27ClN6O/c1-14(27)12-31-8-7-16-9-20-19(11-18(16)25(31)33)28-24(30(20)2)21-10-17-5-6-22(26)29-23(17)32(21)13-15-3-4-15/h5-6,9-11,14-15H,3-4,7-8,12-13,27H2,1-2H3. The summed E-state index contributed by atoms with van der Waals surface area (Å²) in [6, 6.07) is 10.0. The quantitative estimate of drug-likeness (QED) is 0.454. The van der Waals surface area contributed by atoms with Crippen LogP contribution < -0.4 is 5.73 Å². The molecule has 0 saturated heterocycles. The monoisotopic (exact) mass is 462 g/mol. The van der Waals surface area contributed by atoms with Crippen LogP contribution in [0.1, 0.15) is 35.7 Å². The van der Waals surface area contributed by atoms with Crippen LogP contribution in [0.4, 0.5) is 0 Å². The van der Waals surface area contributed by atoms with Crippen molar-refractivity contribution in [3.63, 3.8) is 0 Å². The molecule has 1 aliphatic carbocycles. The van der Waals surface area contributed by atoms with Gasteiger partial charge in [0.2, 0.25) is 0 Å². The zero-order valence-corrected chi connectivity index (χ0v) is 19.6. The molecule has 4 aromatic rings. The Morgan fingerprint density at radius 1 is 1.21 bits per heavy atom. The normalized spacial score (nSPS) is 17.2. The number of rotatable bonds is 5. The van der Waals surface area contributed by atoms with E-state index in [9.17, 15) is 4.79 Å². The molecule has 1 amide bonds. The summed E-state index contributed by atoms with van der Waals surface area (Å²) < 4.78 is 4.39. The Labute approximate surface area is 197 Å². The number of amides is 1. The van der Waals surface area contributed by atoms with Gasteiger partial charge in [-0.05, 0) is 68.0 Å². The average molecular weight is 463 g/mol. The summed E-state index contributed by atoms with van der Waals surface area (Å²) in [5.41, 5.74) is 11.6. The lowest BCUT2D eigenvalue weighted by Gasteiger charge is -2.29. The Morgan fingerprint density at radius 3 is 2.79 bits per heavy atom. The second-order valence-corrected chi connectivity index (χ2v) is 9.99. The van der Waals surface area contributed by atoms with Gasteiger partial charge in [-0.3, -0.25) is 4.79 Å². The van der Waals surface area contributed by atoms with Gasteiger partial charge in [0.25, 0.3) is 5.91 Å². The van der Waals surface area contributed by atoms with Gasteiger partial charge in [0.1, 0.15) is 10.8 Å². The first-order chi connectivity index (χ1) is 15.9. The zero-order chi connectivity index (χ0) is 22.9. The molecular weight excluding hydrogens is 436 g/mol. The van der Waals surface area contributed by atoms with E-state index in [0.717, 1.165) is 57.7 Å². The molecule has 6 rings (SSSR count). The van der Waals surface area contributed by atoms with E-state index in [2.05, 4.69) is 26.3 Å². The molecule has 8 heteroatoms. The minimum atomic E-state index is -0.0452. The molecule has 2 aliphatic rings. The number of carbonyl (C=O) groups excluding carboxylic acids is 1. The SMILES string of the molecule is CC(N)CN1CCc2cc3c(cc2C1=O)nc(-c1cc2ccc(Cl)nc2n1CC1CC1)n3C. The third kappa shape index (κ3) is 3.50. The number of pyridine rings is 1. The van der Waals surface area contributed by atoms with Crippen LogP contribution in [0.5, 0.6) is 0 Å². The van der Waals surface area contributed by atoms with Crippen LogP contribution >= 0.6 is 11.6 Å². The van der Waals surface area contributed by atoms with Gasteiger partial charge in [-0.1, -0.05) is 11.6 Å². The van der Waals surface area contributed by atoms with Gasteiger partial charge in [-0.15, -0.1) is 0 Å². The number of aromatic nitrogens is 4. The molecule has 1 atom stereocenters. The van der Waals surface area contributed by atoms with Crippen molar-refractivity contribution in [2.45, 2.75) is 38.8 Å². The first-order valence-corrected chi connectivity index (χ1v) is 12.0. The van der Waals surface area contributed by atoms with Gasteiger partial charge in [0.05, 0.1) is 16.7 Å². The number of fused-ring (bicyclic) bond motifs is 3. The second kappa shape index (κ2) is 7.57. The molecule has 33 heavy (non-hydrogen) atoms. The fourth-order valence-electron chi connectivity index (χ4n) is 5.00. The fraction of sp³-hybridized carbons (Fsp3) is 0.400. The third-order valence-electron chi connectivity index (χ3n) is 6.86. The van der Waals surface area contributed by atoms with Gasteiger partial charge < -0.3 is 19.8 Å². The van der Waals surface area contributed by atoms with Gasteiger partial charge in [-0.2, -0.15) is 0 Å². The van der Waals surface area contributed by atoms with Crippen molar-refractivity contribution in [3.05, 3.63) is 46.6 Å². The lowest BCUT2D eigenvalue weighted by atomic mass is 9.97. The number of imidazole rings is 1. The molecular formula is C25H27ClN6O. The van der Waals surface area contributed by atoms with Crippen molar-refractivity contribution < 1.29 is 4.79 Å². The smallest absolute Gasteiger partial charge is 0.254 e. The summed E-state index contributed by atoms with van der Waals surface area (Å²) in [6.07, 6.45) is 3.32. The Kier molecular flexibility index (Phi) is 4.74. The average Bonchev–Trinajstić information content (AvgIpc) is 3.46. The van der Waals surface area contributed by atoms with Crippen molar-refractivity contribution in [1.82, 2.24) is 24.0 Å². The number of nitrogens with two attached hydrogens (primary N) is 1. The molecule has 0 bridgehead atoms. The van der Waals surface area contributed by atoms with Crippen molar-refractivity contribution >= 4 is 39.6 Å². The molecule has 3 aromatic heterocycles. The minimum Gasteiger partial charge on any atom is -0.337 e. The second-order valence-electron chi connectivity index (χ2n) is 9.60. The number of nitrogens with zero attached hydrogens (tertiary/aromatic N) is 5. The third-order valence-corrected chi connectivity index (χ3v) is 7.07. The van der Waals surface area contributed by atoms with Crippen LogP contribution in [0.25, 0.3) is 33.6 Å². The molecule has 1 unspecified atom stereocenters. The molecule has 1 aliphatic heterocycles. The predicted octanol–water partition coefficient (Wildman–Crippen LogP) is 4.00. The topological polar surface area (TPSA) is 82.0 Å². The Balaban J connectivity index is 1.49. The van der Waals surface area contributed by atoms with Crippen LogP contribution in [0.3, 0.4) is 0 Å². The van der Waals surface area contributed by atoms with E-state index in [1.54, 1.807) is 0 Å². The fourth-order valence-corrected chi connectivity index (χ4v) is 5.14. The number of hydrogen-bond donors (Lipinski definition) is 1. The van der Waals surface area contributed by atoms with Crippen molar-refractivity contribution in [2.24, 2.45) is 18.7 Å². The molecule has 170 valence electrons. The molecule has 1 aromatic carbocycles. The summed E-state index contributed by atoms with van der Waals surface area (Å²) in [6.45, 7) is 4.11. The highest BCUT2D eigenvalue weighted by molar-refractivity contribution is 6.29. The number of halogens is 1. The van der Waals surface area contributed by atoms with Crippen LogP contribution in [0, 0.1) is 5.92 Å². The molecule has 0 spiro atoms. The lowest BCUT2D eigenvalue weighted by Crippen LogP contribution is -2.43. The summed E-state index contributed by atoms with van der Waals surface area (Å²) in [7, 11) is 2.05. The highest BCUT2D eigenvalue weighted by Gasteiger charge is 2.28. The van der Waals surface area contributed by atoms with E-state index in [1.165, 1.54) is 12.8 Å². The molecule has 4 heterocycles. The van der Waals surface area contributed by atoms with Crippen molar-refractivity contribution in [3.8, 4) is 11.5 Å². The van der Waals surface area contributed by atoms with Gasteiger partial charge in [0.15, 0.2) is 5.82 Å². The van der Waals surface area contributed by atoms with Crippen LogP contribution in [0.15, 0.2) is 30.3 Å². The van der Waals surface area contributed by atoms with Gasteiger partial charge >= 0.3 is 0 Å². The van der Waals surface area contributed by atoms with Gasteiger partial charge in [0, 0.05) is 43.7 Å². The molecule has 1 saturated carbocycles. The van der Waals surface area contributed by atoms with E-state index in [-0.39, 0.29) is 11.9 Å². The Bertz CT molecular complexity index is 1410. The highest BCUT2D eigenvalue weighted by Crippen LogP contribution is 2.36. The lowest BCUT2D eigenvalue weighted by molar-refractivity contribution is 0.0732. The van der Waals surface area contributed by atoms with E-state index in [1.807, 2.05) is 37.1 Å². The minimum absolute atomic E-state index is 0.0452. The van der Waals surface area contributed by atoms with E-state index >= 15 is 0 Å². The number of carbonyl (C=O) groups is 1. The van der Waals surface area contributed by atoms with Crippen molar-refractivity contribution in [1.29, 1.82) is 0 Å². The Morgan fingerprint density at radius 2 is 2.03 bits per heavy atom. The molecule has 7 nitrogen and oxygen atoms in total. The zero-order valence-electron chi connectivity index (χ0n) is 18.9. The summed E-state index contributed by atoms with van der Waals surface area (Å²) in [5, 5.41) is 1.56. The maximum absolute atomic E-state index is 13.1. The summed E-state index contributed by atoms with van der Waals surface area (Å²) in [4.78, 5) is 24.6. The number of hydrogen-bond acceptors (Lipinski definition) is 4. The summed E-state index contributed by atoms with van der Waals surface area (Å²) >= 11 is 6.23. The predicted molar refractivity (Wildman–Crippen MR) is 130 cm³/mol. The largest absolute Gasteiger partial charge is 0.337 e. The van der Waals surface area contributed by atoms with Gasteiger partial charge in [-0.25, -0.2) is 9.97 Å². The van der Waals surface area contributed by atoms with Crippen LogP contribution in [-0.4, -0.2) is 49.0 Å². The summed E-state index contributed by atoms with van der Waals surface area (Å²) in [5.74, 6) is 1.60. The molecule has 1 fully saturated rings.